The zero-order valence-corrected chi connectivity index (χ0v) is 24.0. The third-order valence-electron chi connectivity index (χ3n) is 7.41. The van der Waals surface area contributed by atoms with Gasteiger partial charge in [-0.15, -0.1) is 0 Å². The Morgan fingerprint density at radius 3 is 2.35 bits per heavy atom. The van der Waals surface area contributed by atoms with Crippen molar-refractivity contribution in [3.05, 3.63) is 89.0 Å². The number of amides is 4. The first kappa shape index (κ1) is 29.8. The molecular weight excluding hydrogens is 546 g/mol. The molecule has 5 rings (SSSR count). The largest absolute Gasteiger partial charge is 0.478 e. The maximum atomic E-state index is 12.9. The number of carbonyl (C=O) groups excluding carboxylic acids is 4. The zero-order valence-electron chi connectivity index (χ0n) is 24.0. The lowest BCUT2D eigenvalue weighted by atomic mass is 10.0. The minimum Gasteiger partial charge on any atom is -0.478 e. The summed E-state index contributed by atoms with van der Waals surface area (Å²) in [6, 6.07) is 19.0. The first-order valence-corrected chi connectivity index (χ1v) is 14.8. The van der Waals surface area contributed by atoms with Gasteiger partial charge in [-0.3, -0.25) is 19.2 Å². The smallest absolute Gasteiger partial charge is 0.265 e. The lowest BCUT2D eigenvalue weighted by molar-refractivity contribution is -0.123. The van der Waals surface area contributed by atoms with E-state index in [1.165, 1.54) is 0 Å². The average Bonchev–Trinajstić information content (AvgIpc) is 3.83. The number of benzene rings is 3. The number of ether oxygens (including phenoxy) is 1. The molecule has 10 heteroatoms. The summed E-state index contributed by atoms with van der Waals surface area (Å²) in [5.74, 6) is -0.492. The van der Waals surface area contributed by atoms with Crippen LogP contribution < -0.4 is 31.7 Å². The van der Waals surface area contributed by atoms with Crippen LogP contribution in [0.5, 0.6) is 5.75 Å². The monoisotopic (exact) mass is 583 g/mol. The molecule has 224 valence electrons. The molecule has 1 atom stereocenters. The van der Waals surface area contributed by atoms with Crippen LogP contribution in [0.3, 0.4) is 0 Å². The second kappa shape index (κ2) is 14.0. The van der Waals surface area contributed by atoms with Crippen LogP contribution in [0.1, 0.15) is 75.2 Å². The Hall–Kier alpha value is -4.70. The van der Waals surface area contributed by atoms with E-state index >= 15 is 0 Å². The third-order valence-corrected chi connectivity index (χ3v) is 7.41. The lowest BCUT2D eigenvalue weighted by Gasteiger charge is -2.26. The van der Waals surface area contributed by atoms with Gasteiger partial charge in [-0.25, -0.2) is 0 Å². The summed E-state index contributed by atoms with van der Waals surface area (Å²) in [6.45, 7) is 1.27. The van der Waals surface area contributed by atoms with E-state index in [1.807, 2.05) is 0 Å². The van der Waals surface area contributed by atoms with Crippen molar-refractivity contribution in [3.63, 3.8) is 0 Å². The summed E-state index contributed by atoms with van der Waals surface area (Å²) in [4.78, 5) is 50.5. The van der Waals surface area contributed by atoms with Crippen molar-refractivity contribution in [1.82, 2.24) is 10.6 Å². The van der Waals surface area contributed by atoms with Crippen molar-refractivity contribution < 1.29 is 23.9 Å². The van der Waals surface area contributed by atoms with Crippen LogP contribution in [-0.4, -0.2) is 48.9 Å². The molecule has 3 aromatic rings. The molecule has 0 saturated heterocycles. The number of unbranched alkanes of at least 4 members (excludes halogenated alkanes) is 3. The van der Waals surface area contributed by atoms with Crippen LogP contribution in [0, 0.1) is 0 Å². The Morgan fingerprint density at radius 1 is 0.837 bits per heavy atom. The minimum atomic E-state index is -0.784. The molecule has 2 aliphatic rings. The number of fused-ring (bicyclic) bond motifs is 1. The van der Waals surface area contributed by atoms with Crippen LogP contribution >= 0.6 is 0 Å². The van der Waals surface area contributed by atoms with E-state index in [-0.39, 0.29) is 36.1 Å². The summed E-state index contributed by atoms with van der Waals surface area (Å²) in [5.41, 5.74) is 8.74. The van der Waals surface area contributed by atoms with Gasteiger partial charge in [-0.1, -0.05) is 31.0 Å². The molecule has 4 amide bonds. The molecule has 1 aliphatic carbocycles. The predicted molar refractivity (Wildman–Crippen MR) is 164 cm³/mol. The predicted octanol–water partition coefficient (Wildman–Crippen LogP) is 4.02. The lowest BCUT2D eigenvalue weighted by Crippen LogP contribution is -2.38. The maximum Gasteiger partial charge on any atom is 0.265 e. The van der Waals surface area contributed by atoms with Gasteiger partial charge in [-0.2, -0.15) is 0 Å². The number of hydrogen-bond donors (Lipinski definition) is 5. The number of carbonyl (C=O) groups is 4. The van der Waals surface area contributed by atoms with Crippen molar-refractivity contribution in [2.75, 3.05) is 23.7 Å². The van der Waals surface area contributed by atoms with Crippen LogP contribution in [0.2, 0.25) is 0 Å². The zero-order chi connectivity index (χ0) is 30.2. The normalized spacial score (nSPS) is 15.5. The second-order valence-electron chi connectivity index (χ2n) is 10.9. The standard InChI is InChI=1S/C33H37N5O5/c34-16-3-1-2-4-17-35-30(39)23-6-5-7-26(19-23)37-31(40)22-10-8-21(9-11-22)18-29-33(42)38-27-15-12-24(20-28(27)43-29)32(41)36-25-13-14-25/h5-12,15,19-20,25,29H,1-4,13-14,16-18,34H2,(H,35,39)(H,36,41)(H,37,40)(H,38,42). The van der Waals surface area contributed by atoms with Gasteiger partial charge in [-0.05, 0) is 86.3 Å². The van der Waals surface area contributed by atoms with E-state index in [0.717, 1.165) is 44.1 Å². The van der Waals surface area contributed by atoms with E-state index in [4.69, 9.17) is 10.5 Å². The molecular formula is C33H37N5O5. The summed E-state index contributed by atoms with van der Waals surface area (Å²) in [6.07, 6.45) is 5.44. The SMILES string of the molecule is NCCCCCCNC(=O)c1cccc(NC(=O)c2ccc(CC3Oc4cc(C(=O)NC5CC5)ccc4NC3=O)cc2)c1. The van der Waals surface area contributed by atoms with Crippen molar-refractivity contribution >= 4 is 35.0 Å². The average molecular weight is 584 g/mol. The molecule has 1 heterocycles. The van der Waals surface area contributed by atoms with Gasteiger partial charge in [0.1, 0.15) is 5.75 Å². The van der Waals surface area contributed by atoms with Gasteiger partial charge in [0, 0.05) is 41.4 Å². The molecule has 3 aromatic carbocycles. The molecule has 10 nitrogen and oxygen atoms in total. The Kier molecular flexibility index (Phi) is 9.68. The second-order valence-corrected chi connectivity index (χ2v) is 10.9. The molecule has 0 aromatic heterocycles. The Morgan fingerprint density at radius 2 is 1.58 bits per heavy atom. The molecule has 0 spiro atoms. The van der Waals surface area contributed by atoms with Crippen LogP contribution in [0.25, 0.3) is 0 Å². The van der Waals surface area contributed by atoms with Crippen LogP contribution in [0.4, 0.5) is 11.4 Å². The van der Waals surface area contributed by atoms with Gasteiger partial charge >= 0.3 is 0 Å². The molecule has 1 unspecified atom stereocenters. The Labute approximate surface area is 250 Å². The number of nitrogens with two attached hydrogens (primary N) is 1. The Balaban J connectivity index is 1.14. The highest BCUT2D eigenvalue weighted by molar-refractivity contribution is 6.05. The quantitative estimate of drug-likeness (QED) is 0.192. The maximum absolute atomic E-state index is 12.9. The highest BCUT2D eigenvalue weighted by Gasteiger charge is 2.29. The summed E-state index contributed by atoms with van der Waals surface area (Å²) in [5, 5.41) is 11.6. The number of rotatable bonds is 13. The van der Waals surface area contributed by atoms with Crippen LogP contribution in [0.15, 0.2) is 66.7 Å². The number of hydrogen-bond acceptors (Lipinski definition) is 6. The number of nitrogens with one attached hydrogen (secondary N) is 4. The van der Waals surface area contributed by atoms with Gasteiger partial charge in [0.2, 0.25) is 0 Å². The van der Waals surface area contributed by atoms with E-state index in [1.54, 1.807) is 66.7 Å². The fourth-order valence-corrected chi connectivity index (χ4v) is 4.79. The fourth-order valence-electron chi connectivity index (χ4n) is 4.79. The van der Waals surface area contributed by atoms with Crippen molar-refractivity contribution in [1.29, 1.82) is 0 Å². The minimum absolute atomic E-state index is 0.157. The van der Waals surface area contributed by atoms with Crippen molar-refractivity contribution in [3.8, 4) is 5.75 Å². The molecule has 1 fully saturated rings. The third kappa shape index (κ3) is 8.20. The van der Waals surface area contributed by atoms with Crippen molar-refractivity contribution in [2.24, 2.45) is 5.73 Å². The van der Waals surface area contributed by atoms with Gasteiger partial charge in [0.15, 0.2) is 6.10 Å². The first-order valence-electron chi connectivity index (χ1n) is 14.8. The van der Waals surface area contributed by atoms with Gasteiger partial charge in [0.25, 0.3) is 23.6 Å². The summed E-state index contributed by atoms with van der Waals surface area (Å²) < 4.78 is 5.98. The molecule has 6 N–H and O–H groups in total. The van der Waals surface area contributed by atoms with Crippen LogP contribution in [-0.2, 0) is 11.2 Å². The summed E-state index contributed by atoms with van der Waals surface area (Å²) in [7, 11) is 0. The number of anilines is 2. The van der Waals surface area contributed by atoms with Crippen molar-refractivity contribution in [2.45, 2.75) is 57.1 Å². The van der Waals surface area contributed by atoms with E-state index in [2.05, 4.69) is 21.3 Å². The molecule has 1 saturated carbocycles. The van der Waals surface area contributed by atoms with Gasteiger partial charge in [0.05, 0.1) is 5.69 Å². The molecule has 0 radical (unpaired) electrons. The highest BCUT2D eigenvalue weighted by Crippen LogP contribution is 2.32. The van der Waals surface area contributed by atoms with E-state index in [0.29, 0.717) is 46.9 Å². The Bertz CT molecular complexity index is 1490. The first-order chi connectivity index (χ1) is 20.9. The van der Waals surface area contributed by atoms with Gasteiger partial charge < -0.3 is 31.7 Å². The molecule has 43 heavy (non-hydrogen) atoms. The fraction of sp³-hybridized carbons (Fsp3) is 0.333. The van der Waals surface area contributed by atoms with E-state index in [9.17, 15) is 19.2 Å². The van der Waals surface area contributed by atoms with E-state index < -0.39 is 6.10 Å². The molecule has 1 aliphatic heterocycles. The highest BCUT2D eigenvalue weighted by atomic mass is 16.5. The topological polar surface area (TPSA) is 152 Å². The summed E-state index contributed by atoms with van der Waals surface area (Å²) >= 11 is 0. The molecule has 0 bridgehead atoms.